The predicted octanol–water partition coefficient (Wildman–Crippen LogP) is 1.16. The van der Waals surface area contributed by atoms with Gasteiger partial charge >= 0.3 is 0 Å². The van der Waals surface area contributed by atoms with Crippen LogP contribution in [0.2, 0.25) is 0 Å². The van der Waals surface area contributed by atoms with Crippen LogP contribution in [0.5, 0.6) is 0 Å². The van der Waals surface area contributed by atoms with E-state index in [1.165, 1.54) is 0 Å². The summed E-state index contributed by atoms with van der Waals surface area (Å²) in [5, 5.41) is 6.81. The fourth-order valence-corrected chi connectivity index (χ4v) is 1.30. The van der Waals surface area contributed by atoms with Crippen LogP contribution in [-0.4, -0.2) is 21.1 Å². The van der Waals surface area contributed by atoms with Crippen molar-refractivity contribution in [2.75, 3.05) is 0 Å². The van der Waals surface area contributed by atoms with Gasteiger partial charge in [-0.3, -0.25) is 9.97 Å². The van der Waals surface area contributed by atoms with Crippen molar-refractivity contribution in [2.45, 2.75) is 33.4 Å². The smallest absolute Gasteiger partial charge is 0.166 e. The molecule has 0 saturated carbocycles. The fraction of sp³-hybridized carbons (Fsp3) is 0.500. The lowest BCUT2D eigenvalue weighted by atomic mass is 10.4. The van der Waals surface area contributed by atoms with E-state index in [1.54, 1.807) is 12.4 Å². The molecule has 0 bridgehead atoms. The first-order chi connectivity index (χ1) is 7.08. The molecule has 1 heterocycles. The molecular weight excluding hydrogens is 208 g/mol. The highest BCUT2D eigenvalue weighted by Crippen LogP contribution is 1.93. The fourth-order valence-electron chi connectivity index (χ4n) is 0.995. The van der Waals surface area contributed by atoms with Crippen molar-refractivity contribution >= 4 is 17.3 Å². The van der Waals surface area contributed by atoms with Gasteiger partial charge in [0.25, 0.3) is 0 Å². The minimum absolute atomic E-state index is 0.342. The van der Waals surface area contributed by atoms with Gasteiger partial charge in [0.05, 0.1) is 24.1 Å². The Morgan fingerprint density at radius 1 is 1.40 bits per heavy atom. The third-order valence-electron chi connectivity index (χ3n) is 1.68. The molecule has 0 fully saturated rings. The molecule has 0 unspecified atom stereocenters. The van der Waals surface area contributed by atoms with Crippen LogP contribution in [0.3, 0.4) is 0 Å². The Kier molecular flexibility index (Phi) is 4.42. The lowest BCUT2D eigenvalue weighted by Gasteiger charge is -2.12. The first-order valence-corrected chi connectivity index (χ1v) is 5.30. The Morgan fingerprint density at radius 2 is 2.13 bits per heavy atom. The van der Waals surface area contributed by atoms with E-state index in [0.717, 1.165) is 11.4 Å². The summed E-state index contributed by atoms with van der Waals surface area (Å²) >= 11 is 5.08. The van der Waals surface area contributed by atoms with Gasteiger partial charge in [-0.2, -0.15) is 0 Å². The molecule has 0 spiro atoms. The van der Waals surface area contributed by atoms with Gasteiger partial charge in [-0.1, -0.05) is 0 Å². The second kappa shape index (κ2) is 5.60. The van der Waals surface area contributed by atoms with E-state index in [2.05, 4.69) is 20.6 Å². The van der Waals surface area contributed by atoms with Crippen molar-refractivity contribution in [2.24, 2.45) is 0 Å². The first-order valence-electron chi connectivity index (χ1n) is 4.90. The van der Waals surface area contributed by atoms with E-state index in [1.807, 2.05) is 20.8 Å². The van der Waals surface area contributed by atoms with Crippen LogP contribution in [-0.2, 0) is 6.54 Å². The summed E-state index contributed by atoms with van der Waals surface area (Å²) in [5.41, 5.74) is 1.80. The van der Waals surface area contributed by atoms with Gasteiger partial charge in [0, 0.05) is 12.2 Å². The molecule has 1 aromatic rings. The normalized spacial score (nSPS) is 10.1. The maximum Gasteiger partial charge on any atom is 0.166 e. The van der Waals surface area contributed by atoms with Gasteiger partial charge in [0.2, 0.25) is 0 Å². The van der Waals surface area contributed by atoms with Crippen LogP contribution in [0, 0.1) is 6.92 Å². The Balaban J connectivity index is 2.37. The van der Waals surface area contributed by atoms with Gasteiger partial charge in [0.1, 0.15) is 0 Å². The van der Waals surface area contributed by atoms with E-state index < -0.39 is 0 Å². The van der Waals surface area contributed by atoms with E-state index in [-0.39, 0.29) is 0 Å². The maximum absolute atomic E-state index is 5.08. The number of hydrogen-bond acceptors (Lipinski definition) is 3. The summed E-state index contributed by atoms with van der Waals surface area (Å²) in [6.45, 7) is 6.60. The lowest BCUT2D eigenvalue weighted by Crippen LogP contribution is -2.38. The van der Waals surface area contributed by atoms with E-state index >= 15 is 0 Å². The predicted molar refractivity (Wildman–Crippen MR) is 64.5 cm³/mol. The van der Waals surface area contributed by atoms with Crippen LogP contribution in [0.4, 0.5) is 0 Å². The molecule has 0 radical (unpaired) electrons. The standard InChI is InChI=1S/C10H16N4S/c1-7(2)14-10(15)13-6-9-5-11-8(3)4-12-9/h4-5,7H,6H2,1-3H3,(H2,13,14,15). The quantitative estimate of drug-likeness (QED) is 0.755. The molecule has 0 atom stereocenters. The zero-order valence-corrected chi connectivity index (χ0v) is 10.1. The lowest BCUT2D eigenvalue weighted by molar-refractivity contribution is 0.708. The van der Waals surface area contributed by atoms with Crippen LogP contribution in [0.15, 0.2) is 12.4 Å². The SMILES string of the molecule is Cc1cnc(CNC(=S)NC(C)C)cn1. The van der Waals surface area contributed by atoms with E-state index in [4.69, 9.17) is 12.2 Å². The third kappa shape index (κ3) is 4.69. The van der Waals surface area contributed by atoms with Gasteiger partial charge in [0.15, 0.2) is 5.11 Å². The summed E-state index contributed by atoms with van der Waals surface area (Å²) in [6, 6.07) is 0.342. The summed E-state index contributed by atoms with van der Waals surface area (Å²) in [6.07, 6.45) is 3.50. The summed E-state index contributed by atoms with van der Waals surface area (Å²) in [5.74, 6) is 0. The molecule has 0 aliphatic rings. The van der Waals surface area contributed by atoms with Crippen molar-refractivity contribution < 1.29 is 0 Å². The average Bonchev–Trinajstić information content (AvgIpc) is 2.16. The van der Waals surface area contributed by atoms with Crippen molar-refractivity contribution in [3.8, 4) is 0 Å². The van der Waals surface area contributed by atoms with Crippen LogP contribution in [0.25, 0.3) is 0 Å². The number of rotatable bonds is 3. The largest absolute Gasteiger partial charge is 0.361 e. The van der Waals surface area contributed by atoms with Crippen molar-refractivity contribution in [1.82, 2.24) is 20.6 Å². The minimum Gasteiger partial charge on any atom is -0.361 e. The molecule has 0 aliphatic heterocycles. The minimum atomic E-state index is 0.342. The van der Waals surface area contributed by atoms with Gasteiger partial charge < -0.3 is 10.6 Å². The highest BCUT2D eigenvalue weighted by atomic mass is 32.1. The average molecular weight is 224 g/mol. The molecular formula is C10H16N4S. The summed E-state index contributed by atoms with van der Waals surface area (Å²) in [4.78, 5) is 8.37. The molecule has 0 amide bonds. The van der Waals surface area contributed by atoms with Crippen LogP contribution < -0.4 is 10.6 Å². The van der Waals surface area contributed by atoms with E-state index in [9.17, 15) is 0 Å². The van der Waals surface area contributed by atoms with Gasteiger partial charge in [-0.15, -0.1) is 0 Å². The number of nitrogens with one attached hydrogen (secondary N) is 2. The maximum atomic E-state index is 5.08. The molecule has 1 rings (SSSR count). The van der Waals surface area contributed by atoms with Gasteiger partial charge in [-0.25, -0.2) is 0 Å². The van der Waals surface area contributed by atoms with Crippen molar-refractivity contribution in [3.63, 3.8) is 0 Å². The van der Waals surface area contributed by atoms with Gasteiger partial charge in [-0.05, 0) is 33.0 Å². The molecule has 0 saturated heterocycles. The highest BCUT2D eigenvalue weighted by Gasteiger charge is 1.99. The number of nitrogens with zero attached hydrogens (tertiary/aromatic N) is 2. The Hall–Kier alpha value is -1.23. The molecule has 5 heteroatoms. The van der Waals surface area contributed by atoms with Crippen LogP contribution in [0.1, 0.15) is 25.2 Å². The second-order valence-electron chi connectivity index (χ2n) is 3.63. The highest BCUT2D eigenvalue weighted by molar-refractivity contribution is 7.80. The summed E-state index contributed by atoms with van der Waals surface area (Å²) in [7, 11) is 0. The molecule has 1 aromatic heterocycles. The van der Waals surface area contributed by atoms with Crippen LogP contribution >= 0.6 is 12.2 Å². The second-order valence-corrected chi connectivity index (χ2v) is 4.04. The number of hydrogen-bond donors (Lipinski definition) is 2. The topological polar surface area (TPSA) is 49.8 Å². The zero-order valence-electron chi connectivity index (χ0n) is 9.24. The number of aryl methyl sites for hydroxylation is 1. The molecule has 4 nitrogen and oxygen atoms in total. The molecule has 0 aromatic carbocycles. The number of aromatic nitrogens is 2. The number of thiocarbonyl (C=S) groups is 1. The zero-order chi connectivity index (χ0) is 11.3. The molecule has 0 aliphatic carbocycles. The van der Waals surface area contributed by atoms with Crippen molar-refractivity contribution in [1.29, 1.82) is 0 Å². The van der Waals surface area contributed by atoms with Crippen molar-refractivity contribution in [3.05, 3.63) is 23.8 Å². The van der Waals surface area contributed by atoms with E-state index in [0.29, 0.717) is 17.7 Å². The Labute approximate surface area is 95.5 Å². The first kappa shape index (κ1) is 11.8. The summed E-state index contributed by atoms with van der Waals surface area (Å²) < 4.78 is 0. The Morgan fingerprint density at radius 3 is 2.67 bits per heavy atom. The molecule has 15 heavy (non-hydrogen) atoms. The molecule has 2 N–H and O–H groups in total. The Bertz CT molecular complexity index is 321. The third-order valence-corrected chi connectivity index (χ3v) is 1.95. The molecule has 82 valence electrons. The monoisotopic (exact) mass is 224 g/mol.